The molecule has 4 rings (SSSR count). The van der Waals surface area contributed by atoms with E-state index in [1.165, 1.54) is 0 Å². The van der Waals surface area contributed by atoms with Crippen molar-refractivity contribution in [2.45, 2.75) is 12.5 Å². The number of ether oxygens (including phenoxy) is 1. The first-order valence-electron chi connectivity index (χ1n) is 9.46. The Hall–Kier alpha value is -2.93. The topological polar surface area (TPSA) is 92.4 Å². The molecule has 0 bridgehead atoms. The molecule has 2 heterocycles. The number of hydrogen-bond donors (Lipinski definition) is 3. The number of nitrogens with one attached hydrogen (secondary N) is 3. The van der Waals surface area contributed by atoms with Crippen molar-refractivity contribution in [3.63, 3.8) is 0 Å². The summed E-state index contributed by atoms with van der Waals surface area (Å²) in [7, 11) is 3.17. The van der Waals surface area contributed by atoms with Gasteiger partial charge in [-0.3, -0.25) is 9.59 Å². The van der Waals surface area contributed by atoms with Gasteiger partial charge in [-0.2, -0.15) is 0 Å². The molecular weight excluding hydrogens is 356 g/mol. The number of benzene rings is 1. The minimum absolute atomic E-state index is 0.154. The van der Waals surface area contributed by atoms with Crippen LogP contribution in [0.1, 0.15) is 32.1 Å². The van der Waals surface area contributed by atoms with Crippen LogP contribution in [0.15, 0.2) is 36.4 Å². The molecule has 28 heavy (non-hydrogen) atoms. The lowest BCUT2D eigenvalue weighted by atomic mass is 10.1. The average Bonchev–Trinajstić information content (AvgIpc) is 3.13. The largest absolute Gasteiger partial charge is 0.497 e. The molecule has 1 aromatic heterocycles. The summed E-state index contributed by atoms with van der Waals surface area (Å²) in [6.07, 6.45) is 0.501. The molecule has 1 aliphatic carbocycles. The number of hydrogen-bond acceptors (Lipinski definition) is 5. The molecule has 146 valence electrons. The van der Waals surface area contributed by atoms with Crippen molar-refractivity contribution in [3.8, 4) is 5.75 Å². The molecule has 3 N–H and O–H groups in total. The summed E-state index contributed by atoms with van der Waals surface area (Å²) in [6, 6.07) is 11.2. The third kappa shape index (κ3) is 3.71. The Morgan fingerprint density at radius 3 is 2.68 bits per heavy atom. The Labute approximate surface area is 163 Å². The fourth-order valence-corrected chi connectivity index (χ4v) is 3.91. The summed E-state index contributed by atoms with van der Waals surface area (Å²) in [5.74, 6) is 1.35. The smallest absolute Gasteiger partial charge is 0.269 e. The highest BCUT2D eigenvalue weighted by Crippen LogP contribution is 2.41. The third-order valence-corrected chi connectivity index (χ3v) is 5.51. The number of carbonyl (C=O) groups is 2. The van der Waals surface area contributed by atoms with Crippen molar-refractivity contribution in [2.24, 2.45) is 11.8 Å². The normalized spacial score (nSPS) is 22.3. The predicted molar refractivity (Wildman–Crippen MR) is 105 cm³/mol. The fourth-order valence-electron chi connectivity index (χ4n) is 3.91. The highest BCUT2D eigenvalue weighted by molar-refractivity contribution is 5.98. The molecule has 2 aliphatic rings. The standard InChI is InChI=1S/C21H24N4O3/c1-22-21(27)18-9-13(20(26)25-19-16-10-23-11-17(16)19)8-14(24-18)6-12-4-3-5-15(7-12)28-2/h3-5,7-9,16-17,19,23H,6,10-11H2,1-2H3,(H,22,27)(H,25,26)/t16-,17+,19+. The zero-order valence-electron chi connectivity index (χ0n) is 16.0. The molecule has 3 atom stereocenters. The van der Waals surface area contributed by atoms with E-state index in [0.717, 1.165) is 24.4 Å². The molecule has 2 aromatic rings. The Morgan fingerprint density at radius 1 is 1.18 bits per heavy atom. The summed E-state index contributed by atoms with van der Waals surface area (Å²) in [5.41, 5.74) is 2.36. The number of fused-ring (bicyclic) bond motifs is 1. The summed E-state index contributed by atoms with van der Waals surface area (Å²) in [6.45, 7) is 1.91. The van der Waals surface area contributed by atoms with Crippen LogP contribution in [-0.4, -0.2) is 50.1 Å². The molecule has 2 fully saturated rings. The molecule has 1 aromatic carbocycles. The van der Waals surface area contributed by atoms with E-state index in [0.29, 0.717) is 29.5 Å². The molecule has 1 aliphatic heterocycles. The van der Waals surface area contributed by atoms with Gasteiger partial charge in [0.05, 0.1) is 7.11 Å². The first kappa shape index (κ1) is 18.4. The van der Waals surface area contributed by atoms with E-state index < -0.39 is 0 Å². The van der Waals surface area contributed by atoms with Gasteiger partial charge in [-0.25, -0.2) is 4.98 Å². The minimum atomic E-state index is -0.311. The lowest BCUT2D eigenvalue weighted by Crippen LogP contribution is -2.33. The second-order valence-corrected chi connectivity index (χ2v) is 7.33. The zero-order valence-corrected chi connectivity index (χ0v) is 16.0. The number of piperidine rings is 1. The van der Waals surface area contributed by atoms with Crippen LogP contribution in [0.25, 0.3) is 0 Å². The van der Waals surface area contributed by atoms with E-state index >= 15 is 0 Å². The SMILES string of the molecule is CNC(=O)c1cc(C(=O)N[C@H]2[C@@H]3CNC[C@@H]32)cc(Cc2cccc(OC)c2)n1. The number of rotatable bonds is 6. The fraction of sp³-hybridized carbons (Fsp3) is 0.381. The lowest BCUT2D eigenvalue weighted by molar-refractivity contribution is 0.0946. The van der Waals surface area contributed by atoms with E-state index in [1.54, 1.807) is 26.3 Å². The van der Waals surface area contributed by atoms with Gasteiger partial charge in [0.2, 0.25) is 0 Å². The molecule has 0 unspecified atom stereocenters. The van der Waals surface area contributed by atoms with Crippen LogP contribution < -0.4 is 20.7 Å². The van der Waals surface area contributed by atoms with E-state index in [4.69, 9.17) is 4.74 Å². The van der Waals surface area contributed by atoms with E-state index in [2.05, 4.69) is 20.9 Å². The predicted octanol–water partition coefficient (Wildman–Crippen LogP) is 0.988. The van der Waals surface area contributed by atoms with E-state index in [-0.39, 0.29) is 23.6 Å². The highest BCUT2D eigenvalue weighted by Gasteiger charge is 2.53. The summed E-state index contributed by atoms with van der Waals surface area (Å²) < 4.78 is 5.27. The van der Waals surface area contributed by atoms with Gasteiger partial charge < -0.3 is 20.7 Å². The molecule has 7 heteroatoms. The second kappa shape index (κ2) is 7.59. The van der Waals surface area contributed by atoms with Gasteiger partial charge in [-0.1, -0.05) is 12.1 Å². The molecular formula is C21H24N4O3. The van der Waals surface area contributed by atoms with Crippen LogP contribution in [-0.2, 0) is 6.42 Å². The summed E-state index contributed by atoms with van der Waals surface area (Å²) in [4.78, 5) is 29.4. The Balaban J connectivity index is 1.57. The number of aromatic nitrogens is 1. The van der Waals surface area contributed by atoms with Crippen LogP contribution in [0.2, 0.25) is 0 Å². The Morgan fingerprint density at radius 2 is 1.96 bits per heavy atom. The van der Waals surface area contributed by atoms with Crippen molar-refractivity contribution in [1.82, 2.24) is 20.9 Å². The second-order valence-electron chi connectivity index (χ2n) is 7.33. The van der Waals surface area contributed by atoms with Crippen LogP contribution in [0.4, 0.5) is 0 Å². The quantitative estimate of drug-likeness (QED) is 0.695. The van der Waals surface area contributed by atoms with Crippen molar-refractivity contribution >= 4 is 11.8 Å². The average molecular weight is 380 g/mol. The monoisotopic (exact) mass is 380 g/mol. The molecule has 1 saturated carbocycles. The van der Waals surface area contributed by atoms with Crippen LogP contribution >= 0.6 is 0 Å². The van der Waals surface area contributed by atoms with Crippen molar-refractivity contribution in [2.75, 3.05) is 27.2 Å². The molecule has 7 nitrogen and oxygen atoms in total. The van der Waals surface area contributed by atoms with Gasteiger partial charge >= 0.3 is 0 Å². The number of amides is 2. The highest BCUT2D eigenvalue weighted by atomic mass is 16.5. The Bertz CT molecular complexity index is 904. The minimum Gasteiger partial charge on any atom is -0.497 e. The van der Waals surface area contributed by atoms with Gasteiger partial charge in [-0.15, -0.1) is 0 Å². The van der Waals surface area contributed by atoms with Gasteiger partial charge in [0, 0.05) is 43.9 Å². The number of carbonyl (C=O) groups excluding carboxylic acids is 2. The number of nitrogens with zero attached hydrogens (tertiary/aromatic N) is 1. The number of methoxy groups -OCH3 is 1. The number of pyridine rings is 1. The van der Waals surface area contributed by atoms with Crippen molar-refractivity contribution in [3.05, 3.63) is 58.9 Å². The van der Waals surface area contributed by atoms with Gasteiger partial charge in [0.25, 0.3) is 11.8 Å². The first-order chi connectivity index (χ1) is 13.6. The van der Waals surface area contributed by atoms with Crippen LogP contribution in [0.5, 0.6) is 5.75 Å². The zero-order chi connectivity index (χ0) is 19.7. The maximum atomic E-state index is 12.8. The molecule has 1 saturated heterocycles. The summed E-state index contributed by atoms with van der Waals surface area (Å²) in [5, 5.41) is 9.01. The Kier molecular flexibility index (Phi) is 5.00. The molecule has 0 radical (unpaired) electrons. The molecule has 0 spiro atoms. The van der Waals surface area contributed by atoms with Crippen LogP contribution in [0, 0.1) is 11.8 Å². The maximum absolute atomic E-state index is 12.8. The maximum Gasteiger partial charge on any atom is 0.269 e. The molecule has 2 amide bonds. The first-order valence-corrected chi connectivity index (χ1v) is 9.46. The lowest BCUT2D eigenvalue weighted by Gasteiger charge is -2.11. The van der Waals surface area contributed by atoms with Gasteiger partial charge in [0.15, 0.2) is 0 Å². The third-order valence-electron chi connectivity index (χ3n) is 5.51. The van der Waals surface area contributed by atoms with Crippen LogP contribution in [0.3, 0.4) is 0 Å². The van der Waals surface area contributed by atoms with E-state index in [9.17, 15) is 9.59 Å². The van der Waals surface area contributed by atoms with E-state index in [1.807, 2.05) is 24.3 Å². The van der Waals surface area contributed by atoms with Gasteiger partial charge in [-0.05, 0) is 41.7 Å². The van der Waals surface area contributed by atoms with Gasteiger partial charge in [0.1, 0.15) is 11.4 Å². The van der Waals surface area contributed by atoms with Crippen molar-refractivity contribution < 1.29 is 14.3 Å². The van der Waals surface area contributed by atoms with Crippen molar-refractivity contribution in [1.29, 1.82) is 0 Å². The summed E-state index contributed by atoms with van der Waals surface area (Å²) >= 11 is 0.